The molecule has 1 heterocycles. The van der Waals surface area contributed by atoms with E-state index in [1.54, 1.807) is 11.0 Å². The van der Waals surface area contributed by atoms with Gasteiger partial charge in [0, 0.05) is 31.5 Å². The van der Waals surface area contributed by atoms with Gasteiger partial charge < -0.3 is 10.2 Å². The third-order valence-electron chi connectivity index (χ3n) is 6.61. The monoisotopic (exact) mass is 352 g/mol. The van der Waals surface area contributed by atoms with Crippen LogP contribution in [0.25, 0.3) is 0 Å². The molecule has 1 saturated heterocycles. The zero-order chi connectivity index (χ0) is 18.1. The fraction of sp³-hybridized carbons (Fsp3) is 0.545. The zero-order valence-electron chi connectivity index (χ0n) is 15.3. The molecule has 4 rings (SSSR count). The molecule has 1 N–H and O–H groups in total. The Labute approximate surface area is 155 Å². The molecule has 2 saturated carbocycles. The molecule has 3 fully saturated rings. The highest BCUT2D eigenvalue weighted by atomic mass is 16.2. The summed E-state index contributed by atoms with van der Waals surface area (Å²) in [6.07, 6.45) is 7.11. The summed E-state index contributed by atoms with van der Waals surface area (Å²) in [6, 6.07) is 10.8. The van der Waals surface area contributed by atoms with Gasteiger partial charge in [-0.05, 0) is 30.2 Å². The van der Waals surface area contributed by atoms with Gasteiger partial charge in [0.25, 0.3) is 0 Å². The first-order valence-corrected chi connectivity index (χ1v) is 9.93. The van der Waals surface area contributed by atoms with E-state index in [-0.39, 0.29) is 23.8 Å². The first kappa shape index (κ1) is 17.3. The molecule has 1 aromatic carbocycles. The number of carbonyl (C=O) groups is 2. The summed E-state index contributed by atoms with van der Waals surface area (Å²) < 4.78 is 0. The molecule has 0 unspecified atom stereocenters. The molecule has 0 aromatic heterocycles. The van der Waals surface area contributed by atoms with Gasteiger partial charge in [-0.3, -0.25) is 9.59 Å². The molecule has 0 bridgehead atoms. The minimum absolute atomic E-state index is 0.0554. The summed E-state index contributed by atoms with van der Waals surface area (Å²) in [4.78, 5) is 26.7. The van der Waals surface area contributed by atoms with Crippen LogP contribution in [0, 0.1) is 17.8 Å². The van der Waals surface area contributed by atoms with E-state index in [4.69, 9.17) is 0 Å². The number of rotatable bonds is 5. The summed E-state index contributed by atoms with van der Waals surface area (Å²) >= 11 is 0. The van der Waals surface area contributed by atoms with Crippen molar-refractivity contribution in [2.24, 2.45) is 17.8 Å². The number of benzene rings is 1. The molecule has 4 nitrogen and oxygen atoms in total. The van der Waals surface area contributed by atoms with Crippen molar-refractivity contribution in [2.45, 2.75) is 44.1 Å². The van der Waals surface area contributed by atoms with E-state index >= 15 is 0 Å². The van der Waals surface area contributed by atoms with Crippen LogP contribution in [0.3, 0.4) is 0 Å². The highest BCUT2D eigenvalue weighted by Gasteiger charge is 2.52. The lowest BCUT2D eigenvalue weighted by Crippen LogP contribution is -2.60. The second kappa shape index (κ2) is 7.26. The van der Waals surface area contributed by atoms with E-state index in [1.165, 1.54) is 31.2 Å². The lowest BCUT2D eigenvalue weighted by molar-refractivity contribution is -0.130. The Morgan fingerprint density at radius 2 is 1.92 bits per heavy atom. The van der Waals surface area contributed by atoms with Crippen molar-refractivity contribution in [2.75, 3.05) is 13.1 Å². The van der Waals surface area contributed by atoms with Crippen molar-refractivity contribution in [1.82, 2.24) is 10.2 Å². The van der Waals surface area contributed by atoms with Crippen LogP contribution < -0.4 is 5.32 Å². The van der Waals surface area contributed by atoms with Gasteiger partial charge in [0.15, 0.2) is 0 Å². The van der Waals surface area contributed by atoms with Gasteiger partial charge in [-0.15, -0.1) is 6.58 Å². The minimum atomic E-state index is -0.221. The number of hydrogen-bond donors (Lipinski definition) is 1. The van der Waals surface area contributed by atoms with Crippen LogP contribution in [0.1, 0.15) is 43.6 Å². The molecule has 1 aromatic rings. The molecule has 0 spiro atoms. The average Bonchev–Trinajstić information content (AvgIpc) is 3.02. The van der Waals surface area contributed by atoms with E-state index in [1.807, 2.05) is 6.07 Å². The van der Waals surface area contributed by atoms with E-state index in [0.717, 1.165) is 0 Å². The standard InChI is InChI=1S/C22H28N2O2/c1-2-12-24-14-16(13-19(24)25)22(26)23-21-18-11-7-6-10-17(18)20(21)15-8-4-3-5-9-15/h2-5,8-9,16-18,20-21H,1,6-7,10-14H2,(H,23,26)/t16-,17-,18-,20-,21-/m1/s1. The molecule has 4 heteroatoms. The lowest BCUT2D eigenvalue weighted by atomic mass is 9.53. The first-order chi connectivity index (χ1) is 12.7. The fourth-order valence-corrected chi connectivity index (χ4v) is 5.36. The van der Waals surface area contributed by atoms with Gasteiger partial charge in [-0.25, -0.2) is 0 Å². The van der Waals surface area contributed by atoms with E-state index in [9.17, 15) is 9.59 Å². The Balaban J connectivity index is 1.46. The molecule has 2 aliphatic carbocycles. The Morgan fingerprint density at radius 3 is 2.65 bits per heavy atom. The predicted octanol–water partition coefficient (Wildman–Crippen LogP) is 3.11. The largest absolute Gasteiger partial charge is 0.352 e. The maximum absolute atomic E-state index is 12.9. The second-order valence-corrected chi connectivity index (χ2v) is 8.07. The summed E-state index contributed by atoms with van der Waals surface area (Å²) in [5.41, 5.74) is 1.34. The number of hydrogen-bond acceptors (Lipinski definition) is 2. The van der Waals surface area contributed by atoms with Crippen LogP contribution in [0.2, 0.25) is 0 Å². The number of fused-ring (bicyclic) bond motifs is 1. The molecule has 5 atom stereocenters. The first-order valence-electron chi connectivity index (χ1n) is 9.93. The zero-order valence-corrected chi connectivity index (χ0v) is 15.3. The van der Waals surface area contributed by atoms with Crippen molar-refractivity contribution >= 4 is 11.8 Å². The topological polar surface area (TPSA) is 49.4 Å². The molecule has 1 aliphatic heterocycles. The van der Waals surface area contributed by atoms with E-state index < -0.39 is 0 Å². The highest BCUT2D eigenvalue weighted by molar-refractivity contribution is 5.89. The average molecular weight is 352 g/mol. The molecular weight excluding hydrogens is 324 g/mol. The Hall–Kier alpha value is -2.10. The van der Waals surface area contributed by atoms with Crippen LogP contribution in [0.15, 0.2) is 43.0 Å². The van der Waals surface area contributed by atoms with Crippen molar-refractivity contribution in [3.05, 3.63) is 48.6 Å². The van der Waals surface area contributed by atoms with Gasteiger partial charge in [-0.2, -0.15) is 0 Å². The molecule has 2 amide bonds. The predicted molar refractivity (Wildman–Crippen MR) is 101 cm³/mol. The Bertz CT molecular complexity index is 687. The second-order valence-electron chi connectivity index (χ2n) is 8.07. The number of carbonyl (C=O) groups excluding carboxylic acids is 2. The number of amides is 2. The summed E-state index contributed by atoms with van der Waals surface area (Å²) in [5, 5.41) is 3.35. The third-order valence-corrected chi connectivity index (χ3v) is 6.61. The third kappa shape index (κ3) is 3.06. The minimum Gasteiger partial charge on any atom is -0.352 e. The van der Waals surface area contributed by atoms with E-state index in [0.29, 0.717) is 37.3 Å². The number of nitrogens with zero attached hydrogens (tertiary/aromatic N) is 1. The lowest BCUT2D eigenvalue weighted by Gasteiger charge is -2.55. The maximum Gasteiger partial charge on any atom is 0.225 e. The summed E-state index contributed by atoms with van der Waals surface area (Å²) in [6.45, 7) is 4.75. The van der Waals surface area contributed by atoms with Gasteiger partial charge in [0.1, 0.15) is 0 Å². The number of likely N-dealkylation sites (tertiary alicyclic amines) is 1. The quantitative estimate of drug-likeness (QED) is 0.828. The Morgan fingerprint density at radius 1 is 1.19 bits per heavy atom. The normalized spacial score (nSPS) is 33.3. The summed E-state index contributed by atoms with van der Waals surface area (Å²) in [5.74, 6) is 1.61. The maximum atomic E-state index is 12.9. The SMILES string of the molecule is C=CCN1C[C@H](C(=O)N[C@@H]2[C@@H]3CCCC[C@H]3[C@H]2c2ccccc2)CC1=O. The fourth-order valence-electron chi connectivity index (χ4n) is 5.36. The molecule has 138 valence electrons. The van der Waals surface area contributed by atoms with Crippen LogP contribution in [-0.2, 0) is 9.59 Å². The van der Waals surface area contributed by atoms with Crippen LogP contribution in [0.4, 0.5) is 0 Å². The van der Waals surface area contributed by atoms with Crippen LogP contribution in [0.5, 0.6) is 0 Å². The van der Waals surface area contributed by atoms with E-state index in [2.05, 4.69) is 36.2 Å². The Kier molecular flexibility index (Phi) is 4.84. The molecule has 0 radical (unpaired) electrons. The van der Waals surface area contributed by atoms with Crippen molar-refractivity contribution < 1.29 is 9.59 Å². The summed E-state index contributed by atoms with van der Waals surface area (Å²) in [7, 11) is 0. The van der Waals surface area contributed by atoms with Crippen molar-refractivity contribution in [3.8, 4) is 0 Å². The van der Waals surface area contributed by atoms with Crippen molar-refractivity contribution in [1.29, 1.82) is 0 Å². The van der Waals surface area contributed by atoms with Gasteiger partial charge in [0.05, 0.1) is 5.92 Å². The van der Waals surface area contributed by atoms with Gasteiger partial charge in [0.2, 0.25) is 11.8 Å². The van der Waals surface area contributed by atoms with Gasteiger partial charge >= 0.3 is 0 Å². The smallest absolute Gasteiger partial charge is 0.225 e. The molecule has 3 aliphatic rings. The van der Waals surface area contributed by atoms with Gasteiger partial charge in [-0.1, -0.05) is 49.2 Å². The van der Waals surface area contributed by atoms with Crippen LogP contribution >= 0.6 is 0 Å². The highest BCUT2D eigenvalue weighted by Crippen LogP contribution is 2.54. The molecular formula is C22H28N2O2. The number of nitrogens with one attached hydrogen (secondary N) is 1. The van der Waals surface area contributed by atoms with Crippen LogP contribution in [-0.4, -0.2) is 35.8 Å². The van der Waals surface area contributed by atoms with Crippen molar-refractivity contribution in [3.63, 3.8) is 0 Å². The molecule has 26 heavy (non-hydrogen) atoms.